The van der Waals surface area contributed by atoms with Gasteiger partial charge < -0.3 is 4.90 Å². The Morgan fingerprint density at radius 1 is 1.05 bits per heavy atom. The molecular weight excluding hydrogens is 258 g/mol. The van der Waals surface area contributed by atoms with E-state index in [9.17, 15) is 8.78 Å². The Morgan fingerprint density at radius 2 is 1.85 bits per heavy atom. The van der Waals surface area contributed by atoms with Crippen molar-refractivity contribution >= 4 is 5.84 Å². The number of benzene rings is 2. The molecule has 0 bridgehead atoms. The average Bonchev–Trinajstić information content (AvgIpc) is 2.73. The zero-order chi connectivity index (χ0) is 14.1. The summed E-state index contributed by atoms with van der Waals surface area (Å²) in [5.41, 5.74) is 2.53. The monoisotopic (exact) mass is 272 g/mol. The van der Waals surface area contributed by atoms with Crippen LogP contribution in [0.2, 0.25) is 0 Å². The Balaban J connectivity index is 1.70. The predicted octanol–water partition coefficient (Wildman–Crippen LogP) is 3.35. The van der Waals surface area contributed by atoms with Gasteiger partial charge >= 0.3 is 0 Å². The van der Waals surface area contributed by atoms with E-state index in [0.29, 0.717) is 30.9 Å². The third-order valence-electron chi connectivity index (χ3n) is 3.56. The second-order valence-corrected chi connectivity index (χ2v) is 4.95. The third kappa shape index (κ3) is 2.41. The van der Waals surface area contributed by atoms with Crippen LogP contribution in [0.1, 0.15) is 16.7 Å². The van der Waals surface area contributed by atoms with Crippen LogP contribution in [-0.4, -0.2) is 17.3 Å². The molecule has 0 saturated carbocycles. The smallest absolute Gasteiger partial charge is 0.128 e. The maximum atomic E-state index is 13.2. The van der Waals surface area contributed by atoms with Crippen molar-refractivity contribution in [3.8, 4) is 0 Å². The van der Waals surface area contributed by atoms with Crippen molar-refractivity contribution in [3.63, 3.8) is 0 Å². The van der Waals surface area contributed by atoms with Crippen LogP contribution >= 0.6 is 0 Å². The number of nitrogens with one attached hydrogen (secondary N) is 1. The normalized spacial score (nSPS) is 13.7. The molecular formula is C16H14F2N2. The first kappa shape index (κ1) is 12.8. The molecule has 3 rings (SSSR count). The molecule has 0 atom stereocenters. The lowest BCUT2D eigenvalue weighted by Crippen LogP contribution is -2.26. The van der Waals surface area contributed by atoms with E-state index < -0.39 is 0 Å². The number of halogens is 2. The fourth-order valence-corrected chi connectivity index (χ4v) is 2.51. The van der Waals surface area contributed by atoms with Gasteiger partial charge in [-0.3, -0.25) is 5.41 Å². The Morgan fingerprint density at radius 3 is 2.65 bits per heavy atom. The van der Waals surface area contributed by atoms with Crippen molar-refractivity contribution in [2.45, 2.75) is 13.0 Å². The van der Waals surface area contributed by atoms with Gasteiger partial charge in [-0.1, -0.05) is 18.2 Å². The van der Waals surface area contributed by atoms with Gasteiger partial charge in [0.05, 0.1) is 0 Å². The van der Waals surface area contributed by atoms with Crippen LogP contribution in [0.3, 0.4) is 0 Å². The zero-order valence-electron chi connectivity index (χ0n) is 10.9. The molecule has 0 saturated heterocycles. The van der Waals surface area contributed by atoms with Crippen molar-refractivity contribution in [3.05, 3.63) is 70.8 Å². The summed E-state index contributed by atoms with van der Waals surface area (Å²) in [6.45, 7) is 1.24. The van der Waals surface area contributed by atoms with Crippen LogP contribution < -0.4 is 0 Å². The summed E-state index contributed by atoms with van der Waals surface area (Å²) < 4.78 is 26.3. The number of hydrogen-bond acceptors (Lipinski definition) is 1. The molecule has 0 amide bonds. The summed E-state index contributed by atoms with van der Waals surface area (Å²) >= 11 is 0. The molecule has 0 unspecified atom stereocenters. The second-order valence-electron chi connectivity index (χ2n) is 4.95. The first-order chi connectivity index (χ1) is 9.63. The molecule has 2 aromatic carbocycles. The van der Waals surface area contributed by atoms with Crippen molar-refractivity contribution in [1.82, 2.24) is 4.90 Å². The molecule has 1 aliphatic heterocycles. The lowest BCUT2D eigenvalue weighted by Gasteiger charge is -2.17. The van der Waals surface area contributed by atoms with Gasteiger partial charge in [0, 0.05) is 18.7 Å². The fourth-order valence-electron chi connectivity index (χ4n) is 2.51. The van der Waals surface area contributed by atoms with E-state index >= 15 is 0 Å². The van der Waals surface area contributed by atoms with E-state index in [1.165, 1.54) is 24.3 Å². The quantitative estimate of drug-likeness (QED) is 0.911. The molecule has 20 heavy (non-hydrogen) atoms. The molecule has 0 fully saturated rings. The van der Waals surface area contributed by atoms with Gasteiger partial charge in [-0.05, 0) is 41.8 Å². The third-order valence-corrected chi connectivity index (χ3v) is 3.56. The van der Waals surface area contributed by atoms with Crippen molar-refractivity contribution in [1.29, 1.82) is 5.41 Å². The molecule has 0 spiro atoms. The highest BCUT2D eigenvalue weighted by Crippen LogP contribution is 2.23. The highest BCUT2D eigenvalue weighted by atomic mass is 19.1. The number of amidine groups is 1. The predicted molar refractivity (Wildman–Crippen MR) is 73.7 cm³/mol. The van der Waals surface area contributed by atoms with Crippen LogP contribution in [0.15, 0.2) is 42.5 Å². The minimum Gasteiger partial charge on any atom is -0.352 e. The second kappa shape index (κ2) is 5.04. The van der Waals surface area contributed by atoms with Gasteiger partial charge in [0.2, 0.25) is 0 Å². The van der Waals surface area contributed by atoms with E-state index in [0.717, 1.165) is 11.1 Å². The van der Waals surface area contributed by atoms with Crippen molar-refractivity contribution in [2.24, 2.45) is 0 Å². The van der Waals surface area contributed by atoms with E-state index in [-0.39, 0.29) is 11.6 Å². The molecule has 102 valence electrons. The van der Waals surface area contributed by atoms with E-state index in [1.807, 2.05) is 11.0 Å². The van der Waals surface area contributed by atoms with Crippen LogP contribution in [0.5, 0.6) is 0 Å². The molecule has 2 aromatic rings. The lowest BCUT2D eigenvalue weighted by molar-refractivity contribution is 0.432. The van der Waals surface area contributed by atoms with E-state index in [2.05, 4.69) is 0 Å². The van der Waals surface area contributed by atoms with Crippen LogP contribution in [-0.2, 0) is 13.0 Å². The molecule has 0 aromatic heterocycles. The minimum absolute atomic E-state index is 0.246. The molecule has 2 nitrogen and oxygen atoms in total. The number of rotatable bonds is 3. The van der Waals surface area contributed by atoms with Crippen LogP contribution in [0, 0.1) is 17.0 Å². The largest absolute Gasteiger partial charge is 0.352 e. The molecule has 1 aliphatic rings. The maximum absolute atomic E-state index is 13.2. The summed E-state index contributed by atoms with van der Waals surface area (Å²) in [6, 6.07) is 11.0. The van der Waals surface area contributed by atoms with Crippen LogP contribution in [0.25, 0.3) is 0 Å². The average molecular weight is 272 g/mol. The van der Waals surface area contributed by atoms with Gasteiger partial charge in [0.25, 0.3) is 0 Å². The van der Waals surface area contributed by atoms with Gasteiger partial charge in [0.15, 0.2) is 0 Å². The molecule has 1 heterocycles. The Labute approximate surface area is 116 Å². The molecule has 4 heteroatoms. The van der Waals surface area contributed by atoms with Gasteiger partial charge in [-0.2, -0.15) is 0 Å². The highest BCUT2D eigenvalue weighted by molar-refractivity contribution is 6.00. The van der Waals surface area contributed by atoms with E-state index in [1.54, 1.807) is 12.1 Å². The number of fused-ring (bicyclic) bond motifs is 1. The van der Waals surface area contributed by atoms with Gasteiger partial charge in [-0.25, -0.2) is 8.78 Å². The number of nitrogens with zero attached hydrogens (tertiary/aromatic N) is 1. The summed E-state index contributed by atoms with van der Waals surface area (Å²) in [5, 5.41) is 8.08. The van der Waals surface area contributed by atoms with Crippen LogP contribution in [0.4, 0.5) is 8.78 Å². The zero-order valence-corrected chi connectivity index (χ0v) is 10.9. The fraction of sp³-hybridized carbons (Fsp3) is 0.188. The minimum atomic E-state index is -0.319. The van der Waals surface area contributed by atoms with Gasteiger partial charge in [0.1, 0.15) is 17.5 Å². The van der Waals surface area contributed by atoms with Crippen molar-refractivity contribution in [2.75, 3.05) is 6.54 Å². The van der Waals surface area contributed by atoms with Crippen molar-refractivity contribution < 1.29 is 8.78 Å². The summed E-state index contributed by atoms with van der Waals surface area (Å²) in [7, 11) is 0. The standard InChI is InChI=1S/C16H14F2N2/c17-13-3-1-2-11(8-13)6-7-20-10-12-4-5-14(18)9-15(12)16(20)19/h1-5,8-9,19H,6-7,10H2. The molecule has 0 radical (unpaired) electrons. The first-order valence-corrected chi connectivity index (χ1v) is 6.50. The first-order valence-electron chi connectivity index (χ1n) is 6.50. The summed E-state index contributed by atoms with van der Waals surface area (Å²) in [6.07, 6.45) is 0.663. The summed E-state index contributed by atoms with van der Waals surface area (Å²) in [5.74, 6) is -0.222. The van der Waals surface area contributed by atoms with E-state index in [4.69, 9.17) is 5.41 Å². The molecule has 0 aliphatic carbocycles. The lowest BCUT2D eigenvalue weighted by atomic mass is 10.1. The Kier molecular flexibility index (Phi) is 3.22. The Hall–Kier alpha value is -2.23. The highest BCUT2D eigenvalue weighted by Gasteiger charge is 2.24. The molecule has 1 N–H and O–H groups in total. The topological polar surface area (TPSA) is 27.1 Å². The van der Waals surface area contributed by atoms with Gasteiger partial charge in [-0.15, -0.1) is 0 Å². The SMILES string of the molecule is N=C1c2cc(F)ccc2CN1CCc1cccc(F)c1. The number of hydrogen-bond donors (Lipinski definition) is 1. The Bertz CT molecular complexity index is 667. The summed E-state index contributed by atoms with van der Waals surface area (Å²) in [4.78, 5) is 1.88. The maximum Gasteiger partial charge on any atom is 0.128 e.